The van der Waals surface area contributed by atoms with Gasteiger partial charge in [-0.3, -0.25) is 9.36 Å². The molecule has 7 N–H and O–H groups in total. The molecule has 0 radical (unpaired) electrons. The molecule has 0 spiro atoms. The summed E-state index contributed by atoms with van der Waals surface area (Å²) in [4.78, 5) is 31.5. The zero-order valence-corrected chi connectivity index (χ0v) is 17.6. The highest BCUT2D eigenvalue weighted by Crippen LogP contribution is 2.40. The molecule has 0 aliphatic heterocycles. The number of nitrogens with two attached hydrogens (primary N) is 2. The fourth-order valence-electron chi connectivity index (χ4n) is 4.38. The van der Waals surface area contributed by atoms with E-state index in [1.54, 1.807) is 6.20 Å². The molecule has 5 atom stereocenters. The largest absolute Gasteiger partial charge is 0.464 e. The quantitative estimate of drug-likeness (QED) is 0.303. The first-order valence-electron chi connectivity index (χ1n) is 10.4. The molecule has 2 unspecified atom stereocenters. The summed E-state index contributed by atoms with van der Waals surface area (Å²) in [6, 6.07) is 9.92. The fraction of sp³-hybridized carbons (Fsp3) is 0.364. The highest BCUT2D eigenvalue weighted by atomic mass is 16.5. The van der Waals surface area contributed by atoms with E-state index < -0.39 is 41.4 Å². The molecule has 4 rings (SSSR count). The second-order valence-electron chi connectivity index (χ2n) is 8.24. The van der Waals surface area contributed by atoms with Crippen LogP contribution in [0.2, 0.25) is 0 Å². The van der Waals surface area contributed by atoms with Gasteiger partial charge in [0, 0.05) is 35.6 Å². The summed E-state index contributed by atoms with van der Waals surface area (Å²) in [6.07, 6.45) is 0.125. The topological polar surface area (TPSA) is 193 Å². The van der Waals surface area contributed by atoms with Crippen molar-refractivity contribution in [3.8, 4) is 6.07 Å². The number of carbonyl (C=O) groups excluding carboxylic acids is 1. The number of nitrogen functional groups attached to an aromatic ring is 1. The zero-order valence-electron chi connectivity index (χ0n) is 17.6. The van der Waals surface area contributed by atoms with Crippen molar-refractivity contribution in [2.75, 3.05) is 12.3 Å². The van der Waals surface area contributed by atoms with E-state index >= 15 is 0 Å². The van der Waals surface area contributed by atoms with Gasteiger partial charge in [0.25, 0.3) is 0 Å². The number of nitrogens with one attached hydrogen (secondary N) is 1. The molecular weight excluding hydrogens is 428 g/mol. The van der Waals surface area contributed by atoms with Crippen molar-refractivity contribution in [3.05, 3.63) is 58.8 Å². The Balaban J connectivity index is 1.44. The Labute approximate surface area is 188 Å². The molecule has 1 saturated carbocycles. The van der Waals surface area contributed by atoms with Crippen LogP contribution in [0.3, 0.4) is 0 Å². The van der Waals surface area contributed by atoms with Crippen molar-refractivity contribution >= 4 is 22.7 Å². The van der Waals surface area contributed by atoms with E-state index in [-0.39, 0.29) is 25.3 Å². The van der Waals surface area contributed by atoms with Gasteiger partial charge in [-0.1, -0.05) is 18.2 Å². The van der Waals surface area contributed by atoms with Crippen LogP contribution in [0.4, 0.5) is 5.82 Å². The molecular formula is C22H24N6O5. The molecule has 1 aromatic carbocycles. The summed E-state index contributed by atoms with van der Waals surface area (Å²) in [5.74, 6) is -1.51. The van der Waals surface area contributed by atoms with Crippen LogP contribution in [-0.4, -0.2) is 55.6 Å². The molecule has 11 heteroatoms. The smallest absolute Gasteiger partial charge is 0.350 e. The summed E-state index contributed by atoms with van der Waals surface area (Å²) in [6.45, 7) is -0.279. The minimum Gasteiger partial charge on any atom is -0.464 e. The number of aliphatic hydroxyl groups excluding tert-OH is 2. The van der Waals surface area contributed by atoms with Crippen LogP contribution in [0.25, 0.3) is 10.9 Å². The van der Waals surface area contributed by atoms with Crippen molar-refractivity contribution in [1.82, 2.24) is 14.5 Å². The van der Waals surface area contributed by atoms with Crippen molar-refractivity contribution in [2.24, 2.45) is 11.7 Å². The number of benzene rings is 1. The Bertz CT molecular complexity index is 1280. The average molecular weight is 452 g/mol. The van der Waals surface area contributed by atoms with Gasteiger partial charge >= 0.3 is 11.7 Å². The number of hydrogen-bond acceptors (Lipinski definition) is 9. The normalized spacial score (nSPS) is 25.6. The monoisotopic (exact) mass is 452 g/mol. The van der Waals surface area contributed by atoms with E-state index in [2.05, 4.69) is 9.97 Å². The maximum absolute atomic E-state index is 12.5. The number of nitrogens with zero attached hydrogens (tertiary/aromatic N) is 3. The van der Waals surface area contributed by atoms with Gasteiger partial charge in [0.15, 0.2) is 5.54 Å². The lowest BCUT2D eigenvalue weighted by atomic mass is 9.95. The third-order valence-corrected chi connectivity index (χ3v) is 6.18. The predicted molar refractivity (Wildman–Crippen MR) is 118 cm³/mol. The Morgan fingerprint density at radius 2 is 2.15 bits per heavy atom. The lowest BCUT2D eigenvalue weighted by Gasteiger charge is -2.27. The highest BCUT2D eigenvalue weighted by Gasteiger charge is 2.55. The minimum atomic E-state index is -1.78. The number of hydrogen-bond donors (Lipinski definition) is 5. The van der Waals surface area contributed by atoms with Gasteiger partial charge in [0.1, 0.15) is 18.0 Å². The Morgan fingerprint density at radius 1 is 1.39 bits per heavy atom. The van der Waals surface area contributed by atoms with Gasteiger partial charge in [0.05, 0.1) is 18.8 Å². The van der Waals surface area contributed by atoms with Crippen LogP contribution in [0.1, 0.15) is 12.0 Å². The number of esters is 1. The Morgan fingerprint density at radius 3 is 2.88 bits per heavy atom. The molecule has 11 nitrogen and oxygen atoms in total. The number of fused-ring (bicyclic) bond motifs is 1. The lowest BCUT2D eigenvalue weighted by molar-refractivity contribution is -0.147. The fourth-order valence-corrected chi connectivity index (χ4v) is 4.38. The SMILES string of the molecule is N#C[C@@]1(n2ccc(N)nc2=O)C[C@H](COC(=O)[C@@H](N)Cc2c[nH]c3ccccc23)C(O)C1O. The van der Waals surface area contributed by atoms with Crippen molar-refractivity contribution in [3.63, 3.8) is 0 Å². The molecule has 2 aromatic heterocycles. The second kappa shape index (κ2) is 8.67. The first-order valence-corrected chi connectivity index (χ1v) is 10.4. The van der Waals surface area contributed by atoms with Crippen LogP contribution in [0, 0.1) is 17.2 Å². The molecule has 2 heterocycles. The number of para-hydroxylation sites is 1. The van der Waals surface area contributed by atoms with Gasteiger partial charge in [0.2, 0.25) is 0 Å². The first-order chi connectivity index (χ1) is 15.8. The molecule has 3 aromatic rings. The van der Waals surface area contributed by atoms with Crippen LogP contribution >= 0.6 is 0 Å². The number of aliphatic hydroxyl groups is 2. The van der Waals surface area contributed by atoms with Crippen LogP contribution in [0.5, 0.6) is 0 Å². The van der Waals surface area contributed by atoms with Crippen LogP contribution < -0.4 is 17.2 Å². The van der Waals surface area contributed by atoms with Crippen LogP contribution in [0.15, 0.2) is 47.5 Å². The van der Waals surface area contributed by atoms with Crippen molar-refractivity contribution < 1.29 is 19.7 Å². The summed E-state index contributed by atoms with van der Waals surface area (Å²) >= 11 is 0. The minimum absolute atomic E-state index is 0.0351. The molecule has 33 heavy (non-hydrogen) atoms. The summed E-state index contributed by atoms with van der Waals surface area (Å²) in [7, 11) is 0. The zero-order chi connectivity index (χ0) is 23.8. The third kappa shape index (κ3) is 3.95. The Hall–Kier alpha value is -3.72. The summed E-state index contributed by atoms with van der Waals surface area (Å²) < 4.78 is 6.26. The first kappa shape index (κ1) is 22.5. The molecule has 172 valence electrons. The number of anilines is 1. The number of nitriles is 1. The maximum Gasteiger partial charge on any atom is 0.350 e. The van der Waals surface area contributed by atoms with E-state index in [0.717, 1.165) is 21.0 Å². The number of aromatic amines is 1. The van der Waals surface area contributed by atoms with Gasteiger partial charge in [-0.25, -0.2) is 4.79 Å². The van der Waals surface area contributed by atoms with Crippen molar-refractivity contribution in [1.29, 1.82) is 5.26 Å². The summed E-state index contributed by atoms with van der Waals surface area (Å²) in [5, 5.41) is 31.9. The molecule has 0 amide bonds. The van der Waals surface area contributed by atoms with E-state index in [0.29, 0.717) is 0 Å². The molecule has 0 bridgehead atoms. The number of rotatable bonds is 6. The molecule has 1 aliphatic carbocycles. The Kier molecular flexibility index (Phi) is 5.90. The standard InChI is InChI=1S/C22H24N6O5/c23-11-22(28-6-5-17(25)27-21(28)32)8-13(18(29)19(22)30)10-33-20(31)15(24)7-12-9-26-16-4-2-1-3-14(12)16/h1-6,9,13,15,18-19,26,29-30H,7-8,10,24H2,(H2,25,27,32)/t13-,15+,18?,19?,22+/m1/s1. The predicted octanol–water partition coefficient (Wildman–Crippen LogP) is -0.619. The third-order valence-electron chi connectivity index (χ3n) is 6.18. The van der Waals surface area contributed by atoms with Gasteiger partial charge in [-0.05, 0) is 24.1 Å². The van der Waals surface area contributed by atoms with E-state index in [1.807, 2.05) is 30.3 Å². The second-order valence-corrected chi connectivity index (χ2v) is 8.24. The van der Waals surface area contributed by atoms with Gasteiger partial charge in [-0.15, -0.1) is 0 Å². The molecule has 0 saturated heterocycles. The number of carbonyl (C=O) groups is 1. The van der Waals surface area contributed by atoms with Gasteiger partial charge < -0.3 is 31.4 Å². The number of aromatic nitrogens is 3. The maximum atomic E-state index is 12.5. The van der Waals surface area contributed by atoms with Crippen molar-refractivity contribution in [2.45, 2.75) is 36.6 Å². The summed E-state index contributed by atoms with van der Waals surface area (Å²) in [5.41, 5.74) is 10.7. The molecule has 1 aliphatic rings. The van der Waals surface area contributed by atoms with Gasteiger partial charge in [-0.2, -0.15) is 10.2 Å². The van der Waals surface area contributed by atoms with E-state index in [1.165, 1.54) is 12.3 Å². The average Bonchev–Trinajstić information content (AvgIpc) is 3.32. The molecule has 1 fully saturated rings. The number of H-pyrrole nitrogens is 1. The lowest BCUT2D eigenvalue weighted by Crippen LogP contribution is -2.48. The van der Waals surface area contributed by atoms with Crippen LogP contribution in [-0.2, 0) is 21.5 Å². The number of ether oxygens (including phenoxy) is 1. The highest BCUT2D eigenvalue weighted by molar-refractivity contribution is 5.84. The van der Waals surface area contributed by atoms with E-state index in [9.17, 15) is 25.1 Å². The van der Waals surface area contributed by atoms with E-state index in [4.69, 9.17) is 16.2 Å².